The number of fused-ring (bicyclic) bond motifs is 1. The van der Waals surface area contributed by atoms with Gasteiger partial charge in [-0.1, -0.05) is 0 Å². The predicted molar refractivity (Wildman–Crippen MR) is 87.8 cm³/mol. The van der Waals surface area contributed by atoms with Crippen LogP contribution >= 0.6 is 15.9 Å². The summed E-state index contributed by atoms with van der Waals surface area (Å²) in [6.45, 7) is 3.05. The van der Waals surface area contributed by atoms with Gasteiger partial charge in [-0.15, -0.1) is 0 Å². The van der Waals surface area contributed by atoms with E-state index in [-0.39, 0.29) is 5.56 Å². The maximum Gasteiger partial charge on any atom is 0.253 e. The van der Waals surface area contributed by atoms with Crippen molar-refractivity contribution in [2.45, 2.75) is 38.4 Å². The Morgan fingerprint density at radius 3 is 2.91 bits per heavy atom. The normalized spacial score (nSPS) is 18.5. The zero-order valence-corrected chi connectivity index (χ0v) is 14.2. The van der Waals surface area contributed by atoms with Crippen LogP contribution in [0, 0.1) is 0 Å². The third kappa shape index (κ3) is 2.65. The van der Waals surface area contributed by atoms with Crippen molar-refractivity contribution < 1.29 is 0 Å². The molecular weight excluding hydrogens is 344 g/mol. The zero-order valence-electron chi connectivity index (χ0n) is 12.6. The Balaban J connectivity index is 1.59. The average molecular weight is 363 g/mol. The van der Waals surface area contributed by atoms with Crippen LogP contribution in [-0.4, -0.2) is 31.8 Å². The van der Waals surface area contributed by atoms with Gasteiger partial charge in [0.1, 0.15) is 0 Å². The quantitative estimate of drug-likeness (QED) is 0.837. The van der Waals surface area contributed by atoms with Crippen molar-refractivity contribution in [2.75, 3.05) is 6.54 Å². The molecule has 1 fully saturated rings. The van der Waals surface area contributed by atoms with Crippen LogP contribution in [0.5, 0.6) is 0 Å². The van der Waals surface area contributed by atoms with Crippen LogP contribution in [0.3, 0.4) is 0 Å². The van der Waals surface area contributed by atoms with Crippen molar-refractivity contribution in [3.05, 3.63) is 50.1 Å². The molecule has 0 aromatic carbocycles. The number of aryl methyl sites for hydroxylation is 1. The largest absolute Gasteiger partial charge is 0.317 e. The van der Waals surface area contributed by atoms with Crippen molar-refractivity contribution in [3.8, 4) is 0 Å². The van der Waals surface area contributed by atoms with E-state index in [1.165, 1.54) is 18.5 Å². The molecular formula is C16H19BrN4O. The highest BCUT2D eigenvalue weighted by atomic mass is 79.9. The van der Waals surface area contributed by atoms with Crippen molar-refractivity contribution in [1.29, 1.82) is 0 Å². The Morgan fingerprint density at radius 1 is 1.32 bits per heavy atom. The number of halogens is 1. The van der Waals surface area contributed by atoms with E-state index in [9.17, 15) is 4.79 Å². The summed E-state index contributed by atoms with van der Waals surface area (Å²) in [6, 6.07) is 4.86. The lowest BCUT2D eigenvalue weighted by molar-refractivity contribution is 0.204. The van der Waals surface area contributed by atoms with Gasteiger partial charge < -0.3 is 4.57 Å². The molecule has 3 heterocycles. The molecule has 1 aliphatic heterocycles. The first-order valence-corrected chi connectivity index (χ1v) is 8.54. The second-order valence-electron chi connectivity index (χ2n) is 6.33. The summed E-state index contributed by atoms with van der Waals surface area (Å²) >= 11 is 3.46. The van der Waals surface area contributed by atoms with Crippen molar-refractivity contribution >= 4 is 15.9 Å². The van der Waals surface area contributed by atoms with Gasteiger partial charge >= 0.3 is 0 Å². The number of aromatic nitrogens is 3. The highest BCUT2D eigenvalue weighted by molar-refractivity contribution is 9.10. The minimum Gasteiger partial charge on any atom is -0.317 e. The third-order valence-electron chi connectivity index (χ3n) is 4.54. The lowest BCUT2D eigenvalue weighted by Crippen LogP contribution is -2.35. The van der Waals surface area contributed by atoms with Crippen molar-refractivity contribution in [1.82, 2.24) is 19.2 Å². The summed E-state index contributed by atoms with van der Waals surface area (Å²) in [4.78, 5) is 14.8. The first-order chi connectivity index (χ1) is 10.6. The number of pyridine rings is 1. The minimum atomic E-state index is 0.0498. The van der Waals surface area contributed by atoms with Gasteiger partial charge in [0.05, 0.1) is 17.9 Å². The van der Waals surface area contributed by atoms with Gasteiger partial charge in [0.25, 0.3) is 5.56 Å². The fraction of sp³-hybridized carbons (Fsp3) is 0.500. The SMILES string of the molecule is Cn1cc(Br)cc(Cc2cc3n(n2)CCN(C2CC2)C3)c1=O. The van der Waals surface area contributed by atoms with E-state index in [1.54, 1.807) is 17.8 Å². The van der Waals surface area contributed by atoms with Crippen LogP contribution in [0.4, 0.5) is 0 Å². The third-order valence-corrected chi connectivity index (χ3v) is 4.97. The molecule has 2 aliphatic rings. The number of hydrogen-bond donors (Lipinski definition) is 0. The molecule has 2 aromatic rings. The molecule has 0 radical (unpaired) electrons. The summed E-state index contributed by atoms with van der Waals surface area (Å²) in [5, 5.41) is 4.69. The van der Waals surface area contributed by atoms with Crippen LogP contribution < -0.4 is 5.56 Å². The molecule has 4 rings (SSSR count). The van der Waals surface area contributed by atoms with Crippen LogP contribution in [0.1, 0.15) is 29.8 Å². The lowest BCUT2D eigenvalue weighted by atomic mass is 10.1. The van der Waals surface area contributed by atoms with Crippen molar-refractivity contribution in [2.24, 2.45) is 7.05 Å². The molecule has 1 aliphatic carbocycles. The van der Waals surface area contributed by atoms with Gasteiger partial charge in [-0.25, -0.2) is 0 Å². The fourth-order valence-electron chi connectivity index (χ4n) is 3.24. The van der Waals surface area contributed by atoms with Crippen LogP contribution in [0.25, 0.3) is 0 Å². The Labute approximate surface area is 137 Å². The van der Waals surface area contributed by atoms with E-state index in [4.69, 9.17) is 0 Å². The molecule has 1 saturated carbocycles. The second kappa shape index (κ2) is 5.35. The summed E-state index contributed by atoms with van der Waals surface area (Å²) < 4.78 is 4.65. The number of rotatable bonds is 3. The molecule has 5 nitrogen and oxygen atoms in total. The van der Waals surface area contributed by atoms with E-state index in [1.807, 2.05) is 6.07 Å². The first kappa shape index (κ1) is 14.2. The van der Waals surface area contributed by atoms with Crippen LogP contribution in [0.2, 0.25) is 0 Å². The molecule has 0 saturated heterocycles. The van der Waals surface area contributed by atoms with Gasteiger partial charge in [0.15, 0.2) is 0 Å². The van der Waals surface area contributed by atoms with E-state index >= 15 is 0 Å². The van der Waals surface area contributed by atoms with Gasteiger partial charge in [0.2, 0.25) is 0 Å². The Bertz CT molecular complexity index is 775. The maximum absolute atomic E-state index is 12.2. The topological polar surface area (TPSA) is 43.1 Å². The standard InChI is InChI=1S/C16H19BrN4O/c1-19-9-12(17)6-11(16(19)22)7-13-8-15-10-20(14-2-3-14)4-5-21(15)18-13/h6,8-9,14H,2-5,7,10H2,1H3. The summed E-state index contributed by atoms with van der Waals surface area (Å²) in [5.41, 5.74) is 3.10. The molecule has 0 spiro atoms. The van der Waals surface area contributed by atoms with Gasteiger partial charge in [-0.3, -0.25) is 14.4 Å². The summed E-state index contributed by atoms with van der Waals surface area (Å²) in [7, 11) is 1.78. The molecule has 0 N–H and O–H groups in total. The number of nitrogens with zero attached hydrogens (tertiary/aromatic N) is 4. The summed E-state index contributed by atoms with van der Waals surface area (Å²) in [5.74, 6) is 0. The highest BCUT2D eigenvalue weighted by Gasteiger charge is 2.31. The second-order valence-corrected chi connectivity index (χ2v) is 7.24. The van der Waals surface area contributed by atoms with Gasteiger partial charge in [0, 0.05) is 48.8 Å². The molecule has 116 valence electrons. The highest BCUT2D eigenvalue weighted by Crippen LogP contribution is 2.30. The van der Waals surface area contributed by atoms with Gasteiger partial charge in [-0.05, 0) is 40.9 Å². The van der Waals surface area contributed by atoms with E-state index in [0.717, 1.165) is 41.4 Å². The Hall–Kier alpha value is -1.40. The fourth-order valence-corrected chi connectivity index (χ4v) is 3.82. The molecule has 22 heavy (non-hydrogen) atoms. The van der Waals surface area contributed by atoms with Gasteiger partial charge in [-0.2, -0.15) is 5.10 Å². The van der Waals surface area contributed by atoms with E-state index in [0.29, 0.717) is 6.42 Å². The molecule has 0 atom stereocenters. The molecule has 6 heteroatoms. The first-order valence-electron chi connectivity index (χ1n) is 7.75. The zero-order chi connectivity index (χ0) is 15.3. The Morgan fingerprint density at radius 2 is 2.14 bits per heavy atom. The Kier molecular flexibility index (Phi) is 3.46. The summed E-state index contributed by atoms with van der Waals surface area (Å²) in [6.07, 6.45) is 5.07. The average Bonchev–Trinajstić information content (AvgIpc) is 3.24. The van der Waals surface area contributed by atoms with E-state index in [2.05, 4.69) is 36.7 Å². The number of hydrogen-bond acceptors (Lipinski definition) is 3. The molecule has 0 unspecified atom stereocenters. The molecule has 2 aromatic heterocycles. The molecule has 0 bridgehead atoms. The van der Waals surface area contributed by atoms with Crippen LogP contribution in [-0.2, 0) is 26.6 Å². The maximum atomic E-state index is 12.2. The predicted octanol–water partition coefficient (Wildman–Crippen LogP) is 1.91. The van der Waals surface area contributed by atoms with Crippen molar-refractivity contribution in [3.63, 3.8) is 0 Å². The monoisotopic (exact) mass is 362 g/mol. The minimum absolute atomic E-state index is 0.0498. The van der Waals surface area contributed by atoms with Crippen LogP contribution in [0.15, 0.2) is 27.6 Å². The smallest absolute Gasteiger partial charge is 0.253 e. The molecule has 0 amide bonds. The van der Waals surface area contributed by atoms with E-state index < -0.39 is 0 Å². The lowest BCUT2D eigenvalue weighted by Gasteiger charge is -2.27.